The van der Waals surface area contributed by atoms with Crippen molar-refractivity contribution >= 4 is 17.2 Å². The van der Waals surface area contributed by atoms with E-state index in [1.807, 2.05) is 29.4 Å². The second kappa shape index (κ2) is 7.01. The molecule has 2 aromatic rings. The van der Waals surface area contributed by atoms with Crippen molar-refractivity contribution in [2.75, 3.05) is 13.1 Å². The number of nitrogens with zero attached hydrogens (tertiary/aromatic N) is 3. The average molecular weight is 315 g/mol. The summed E-state index contributed by atoms with van der Waals surface area (Å²) in [5.41, 5.74) is 1.12. The molecule has 0 spiro atoms. The summed E-state index contributed by atoms with van der Waals surface area (Å²) in [4.78, 5) is 24.3. The van der Waals surface area contributed by atoms with Gasteiger partial charge in [0.1, 0.15) is 0 Å². The van der Waals surface area contributed by atoms with Crippen molar-refractivity contribution in [1.82, 2.24) is 14.9 Å². The number of pyridine rings is 1. The minimum absolute atomic E-state index is 0.252. The third-order valence-corrected chi connectivity index (χ3v) is 5.19. The van der Waals surface area contributed by atoms with Gasteiger partial charge in [0, 0.05) is 48.9 Å². The number of amides is 1. The zero-order valence-electron chi connectivity index (χ0n) is 12.9. The molecule has 1 amide bonds. The molecule has 3 rings (SSSR count). The van der Waals surface area contributed by atoms with Gasteiger partial charge >= 0.3 is 0 Å². The average Bonchev–Trinajstić information content (AvgIpc) is 3.00. The minimum Gasteiger partial charge on any atom is -0.342 e. The Morgan fingerprint density at radius 3 is 3.09 bits per heavy atom. The molecule has 1 atom stereocenters. The molecule has 1 aliphatic heterocycles. The van der Waals surface area contributed by atoms with E-state index < -0.39 is 0 Å². The van der Waals surface area contributed by atoms with E-state index in [4.69, 9.17) is 0 Å². The Morgan fingerprint density at radius 1 is 1.45 bits per heavy atom. The van der Waals surface area contributed by atoms with Gasteiger partial charge in [-0.05, 0) is 37.8 Å². The lowest BCUT2D eigenvalue weighted by Gasteiger charge is -2.32. The Labute approximate surface area is 135 Å². The van der Waals surface area contributed by atoms with Gasteiger partial charge in [-0.2, -0.15) is 0 Å². The van der Waals surface area contributed by atoms with Gasteiger partial charge in [-0.25, -0.2) is 4.98 Å². The maximum Gasteiger partial charge on any atom is 0.222 e. The smallest absolute Gasteiger partial charge is 0.222 e. The maximum atomic E-state index is 12.4. The van der Waals surface area contributed by atoms with Gasteiger partial charge in [-0.1, -0.05) is 6.07 Å². The second-order valence-electron chi connectivity index (χ2n) is 5.85. The van der Waals surface area contributed by atoms with Crippen LogP contribution in [0.3, 0.4) is 0 Å². The van der Waals surface area contributed by atoms with Crippen molar-refractivity contribution in [2.24, 2.45) is 0 Å². The first kappa shape index (κ1) is 15.2. The summed E-state index contributed by atoms with van der Waals surface area (Å²) in [6, 6.07) is 3.94. The number of carbonyl (C=O) groups excluding carboxylic acids is 1. The highest BCUT2D eigenvalue weighted by atomic mass is 32.1. The number of hydrogen-bond acceptors (Lipinski definition) is 4. The lowest BCUT2D eigenvalue weighted by molar-refractivity contribution is -0.132. The summed E-state index contributed by atoms with van der Waals surface area (Å²) >= 11 is 1.76. The highest BCUT2D eigenvalue weighted by Gasteiger charge is 2.26. The molecule has 4 nitrogen and oxygen atoms in total. The number of rotatable bonds is 4. The number of piperidine rings is 1. The van der Waals surface area contributed by atoms with E-state index in [1.165, 1.54) is 9.88 Å². The largest absolute Gasteiger partial charge is 0.342 e. The Morgan fingerprint density at radius 2 is 2.36 bits per heavy atom. The Kier molecular flexibility index (Phi) is 4.83. The molecule has 2 aromatic heterocycles. The van der Waals surface area contributed by atoms with E-state index in [2.05, 4.69) is 16.9 Å². The van der Waals surface area contributed by atoms with Gasteiger partial charge in [0.25, 0.3) is 0 Å². The molecular formula is C17H21N3OS. The molecule has 1 fully saturated rings. The SMILES string of the molecule is Cc1cnc([C@H]2CCCN(C(=O)CCc3cccnc3)C2)s1. The zero-order chi connectivity index (χ0) is 15.4. The number of aromatic nitrogens is 2. The summed E-state index contributed by atoms with van der Waals surface area (Å²) in [5, 5.41) is 1.18. The van der Waals surface area contributed by atoms with Crippen molar-refractivity contribution in [3.8, 4) is 0 Å². The third-order valence-electron chi connectivity index (χ3n) is 4.11. The van der Waals surface area contributed by atoms with Crippen LogP contribution in [0.25, 0.3) is 0 Å². The highest BCUT2D eigenvalue weighted by Crippen LogP contribution is 2.30. The van der Waals surface area contributed by atoms with Crippen LogP contribution in [0.5, 0.6) is 0 Å². The van der Waals surface area contributed by atoms with Gasteiger partial charge < -0.3 is 4.90 Å². The van der Waals surface area contributed by atoms with Crippen molar-refractivity contribution in [1.29, 1.82) is 0 Å². The number of thiazole rings is 1. The molecule has 1 aliphatic rings. The number of hydrogen-bond donors (Lipinski definition) is 0. The van der Waals surface area contributed by atoms with Crippen LogP contribution in [-0.2, 0) is 11.2 Å². The molecule has 5 heteroatoms. The molecule has 0 bridgehead atoms. The molecular weight excluding hydrogens is 294 g/mol. The van der Waals surface area contributed by atoms with Crippen LogP contribution >= 0.6 is 11.3 Å². The molecule has 0 unspecified atom stereocenters. The summed E-state index contributed by atoms with van der Waals surface area (Å²) in [5.74, 6) is 0.664. The van der Waals surface area contributed by atoms with Gasteiger partial charge in [-0.15, -0.1) is 11.3 Å². The van der Waals surface area contributed by atoms with Crippen LogP contribution in [0, 0.1) is 6.92 Å². The molecule has 1 saturated heterocycles. The van der Waals surface area contributed by atoms with Crippen LogP contribution in [0.1, 0.15) is 40.6 Å². The number of carbonyl (C=O) groups is 1. The fourth-order valence-corrected chi connectivity index (χ4v) is 3.82. The van der Waals surface area contributed by atoms with Crippen LogP contribution in [0.4, 0.5) is 0 Å². The molecule has 22 heavy (non-hydrogen) atoms. The Hall–Kier alpha value is -1.75. The molecule has 116 valence electrons. The third kappa shape index (κ3) is 3.71. The molecule has 0 radical (unpaired) electrons. The van der Waals surface area contributed by atoms with E-state index in [0.717, 1.165) is 37.9 Å². The van der Waals surface area contributed by atoms with Crippen LogP contribution in [0.2, 0.25) is 0 Å². The second-order valence-corrected chi connectivity index (χ2v) is 7.12. The number of aryl methyl sites for hydroxylation is 2. The Bertz CT molecular complexity index is 626. The van der Waals surface area contributed by atoms with Crippen LogP contribution in [-0.4, -0.2) is 33.9 Å². The van der Waals surface area contributed by atoms with Crippen molar-refractivity contribution < 1.29 is 4.79 Å². The standard InChI is InChI=1S/C17H21N3OS/c1-13-10-19-17(22-13)15-5-3-9-20(12-15)16(21)7-6-14-4-2-8-18-11-14/h2,4,8,10-11,15H,3,5-7,9,12H2,1H3/t15-/m0/s1. The summed E-state index contributed by atoms with van der Waals surface area (Å²) < 4.78 is 0. The maximum absolute atomic E-state index is 12.4. The van der Waals surface area contributed by atoms with Crippen LogP contribution < -0.4 is 0 Å². The fourth-order valence-electron chi connectivity index (χ4n) is 2.92. The zero-order valence-corrected chi connectivity index (χ0v) is 13.7. The predicted octanol–water partition coefficient (Wildman–Crippen LogP) is 3.19. The lowest BCUT2D eigenvalue weighted by atomic mass is 9.98. The van der Waals surface area contributed by atoms with E-state index in [1.54, 1.807) is 17.5 Å². The van der Waals surface area contributed by atoms with Gasteiger partial charge in [0.2, 0.25) is 5.91 Å². The molecule has 0 saturated carbocycles. The van der Waals surface area contributed by atoms with Crippen molar-refractivity contribution in [3.63, 3.8) is 0 Å². The van der Waals surface area contributed by atoms with Gasteiger partial charge in [-0.3, -0.25) is 9.78 Å². The van der Waals surface area contributed by atoms with Crippen molar-refractivity contribution in [2.45, 2.75) is 38.5 Å². The molecule has 0 aliphatic carbocycles. The first-order valence-corrected chi connectivity index (χ1v) is 8.63. The molecule has 0 aromatic carbocycles. The first-order valence-electron chi connectivity index (χ1n) is 7.81. The van der Waals surface area contributed by atoms with Crippen molar-refractivity contribution in [3.05, 3.63) is 46.2 Å². The van der Waals surface area contributed by atoms with Gasteiger partial charge in [0.15, 0.2) is 0 Å². The minimum atomic E-state index is 0.252. The van der Waals surface area contributed by atoms with Crippen LogP contribution in [0.15, 0.2) is 30.7 Å². The quantitative estimate of drug-likeness (QED) is 0.870. The molecule has 0 N–H and O–H groups in total. The van der Waals surface area contributed by atoms with E-state index in [9.17, 15) is 4.79 Å². The summed E-state index contributed by atoms with van der Waals surface area (Å²) in [6.07, 6.45) is 9.07. The monoisotopic (exact) mass is 315 g/mol. The van der Waals surface area contributed by atoms with E-state index in [0.29, 0.717) is 12.3 Å². The Balaban J connectivity index is 1.56. The summed E-state index contributed by atoms with van der Waals surface area (Å²) in [6.45, 7) is 3.78. The summed E-state index contributed by atoms with van der Waals surface area (Å²) in [7, 11) is 0. The fraction of sp³-hybridized carbons (Fsp3) is 0.471. The molecule has 3 heterocycles. The normalized spacial score (nSPS) is 18.4. The topological polar surface area (TPSA) is 46.1 Å². The van der Waals surface area contributed by atoms with Gasteiger partial charge in [0.05, 0.1) is 5.01 Å². The lowest BCUT2D eigenvalue weighted by Crippen LogP contribution is -2.39. The predicted molar refractivity (Wildman–Crippen MR) is 88.0 cm³/mol. The highest BCUT2D eigenvalue weighted by molar-refractivity contribution is 7.11. The van der Waals surface area contributed by atoms with E-state index in [-0.39, 0.29) is 5.91 Å². The first-order chi connectivity index (χ1) is 10.7. The van der Waals surface area contributed by atoms with E-state index >= 15 is 0 Å². The number of likely N-dealkylation sites (tertiary alicyclic amines) is 1.